The van der Waals surface area contributed by atoms with E-state index >= 15 is 0 Å². The average Bonchev–Trinajstić information content (AvgIpc) is 3.52. The standard InChI is InChI=1S/C26H31N5S2/c1-31(2)25-21-6-3-4-7-22(21)29-26(30-25)28-19-11-9-18(10-12-19)16-27-17-20-13-14-24(33-20)23-8-5-15-32-23/h3-8,13-15,18-19,27H,9-12,16-17H2,1-2H3,(H,28,29,30)/t18-,19+. The van der Waals surface area contributed by atoms with Crippen molar-refractivity contribution in [2.75, 3.05) is 30.9 Å². The topological polar surface area (TPSA) is 53.1 Å². The maximum absolute atomic E-state index is 4.81. The fourth-order valence-corrected chi connectivity index (χ4v) is 6.39. The Morgan fingerprint density at radius 3 is 2.58 bits per heavy atom. The van der Waals surface area contributed by atoms with Gasteiger partial charge in [0.2, 0.25) is 5.95 Å². The molecule has 0 saturated heterocycles. The van der Waals surface area contributed by atoms with Crippen LogP contribution in [0.4, 0.5) is 11.8 Å². The largest absolute Gasteiger partial charge is 0.362 e. The molecular formula is C26H31N5S2. The van der Waals surface area contributed by atoms with Gasteiger partial charge in [-0.3, -0.25) is 0 Å². The van der Waals surface area contributed by atoms with Crippen LogP contribution in [0.5, 0.6) is 0 Å². The smallest absolute Gasteiger partial charge is 0.225 e. The maximum Gasteiger partial charge on any atom is 0.225 e. The van der Waals surface area contributed by atoms with Gasteiger partial charge in [-0.05, 0) is 73.9 Å². The summed E-state index contributed by atoms with van der Waals surface area (Å²) in [6, 6.07) is 17.5. The summed E-state index contributed by atoms with van der Waals surface area (Å²) in [5.74, 6) is 2.46. The Morgan fingerprint density at radius 1 is 0.939 bits per heavy atom. The van der Waals surface area contributed by atoms with Crippen molar-refractivity contribution in [1.82, 2.24) is 15.3 Å². The Hall–Kier alpha value is -2.48. The van der Waals surface area contributed by atoms with Crippen LogP contribution in [-0.2, 0) is 6.54 Å². The molecular weight excluding hydrogens is 446 g/mol. The third-order valence-electron chi connectivity index (χ3n) is 6.34. The highest BCUT2D eigenvalue weighted by atomic mass is 32.1. The first-order valence-corrected chi connectivity index (χ1v) is 13.4. The number of para-hydroxylation sites is 1. The van der Waals surface area contributed by atoms with Crippen LogP contribution in [0, 0.1) is 5.92 Å². The van der Waals surface area contributed by atoms with Crippen molar-refractivity contribution in [2.24, 2.45) is 5.92 Å². The number of thiophene rings is 2. The van der Waals surface area contributed by atoms with E-state index in [1.807, 2.05) is 48.9 Å². The van der Waals surface area contributed by atoms with E-state index in [4.69, 9.17) is 9.97 Å². The summed E-state index contributed by atoms with van der Waals surface area (Å²) in [6.07, 6.45) is 4.82. The van der Waals surface area contributed by atoms with Gasteiger partial charge in [0.25, 0.3) is 0 Å². The number of hydrogen-bond acceptors (Lipinski definition) is 7. The third kappa shape index (κ3) is 5.37. The van der Waals surface area contributed by atoms with E-state index in [-0.39, 0.29) is 0 Å². The normalized spacial score (nSPS) is 18.5. The van der Waals surface area contributed by atoms with E-state index in [1.54, 1.807) is 0 Å². The highest BCUT2D eigenvalue weighted by Gasteiger charge is 2.22. The first kappa shape index (κ1) is 22.3. The molecule has 2 N–H and O–H groups in total. The Kier molecular flexibility index (Phi) is 6.90. The lowest BCUT2D eigenvalue weighted by molar-refractivity contribution is 0.324. The van der Waals surface area contributed by atoms with E-state index in [0.29, 0.717) is 6.04 Å². The molecule has 1 saturated carbocycles. The number of aromatic nitrogens is 2. The highest BCUT2D eigenvalue weighted by molar-refractivity contribution is 7.21. The van der Waals surface area contributed by atoms with Crippen LogP contribution in [0.15, 0.2) is 53.9 Å². The molecule has 172 valence electrons. The molecule has 3 aromatic heterocycles. The van der Waals surface area contributed by atoms with E-state index in [1.165, 1.54) is 40.3 Å². The Morgan fingerprint density at radius 2 is 1.79 bits per heavy atom. The third-order valence-corrected chi connectivity index (χ3v) is 8.50. The molecule has 33 heavy (non-hydrogen) atoms. The van der Waals surface area contributed by atoms with Crippen molar-refractivity contribution in [1.29, 1.82) is 0 Å². The number of benzene rings is 1. The van der Waals surface area contributed by atoms with Gasteiger partial charge in [0, 0.05) is 46.7 Å². The van der Waals surface area contributed by atoms with Crippen LogP contribution in [0.1, 0.15) is 30.6 Å². The number of nitrogens with one attached hydrogen (secondary N) is 2. The van der Waals surface area contributed by atoms with Crippen molar-refractivity contribution in [3.63, 3.8) is 0 Å². The second kappa shape index (κ2) is 10.2. The Balaban J connectivity index is 1.11. The van der Waals surface area contributed by atoms with Crippen LogP contribution in [0.25, 0.3) is 20.7 Å². The average molecular weight is 478 g/mol. The molecule has 0 bridgehead atoms. The van der Waals surface area contributed by atoms with Crippen molar-refractivity contribution in [3.8, 4) is 9.75 Å². The lowest BCUT2D eigenvalue weighted by atomic mass is 9.86. The van der Waals surface area contributed by atoms with E-state index < -0.39 is 0 Å². The van der Waals surface area contributed by atoms with Gasteiger partial charge in [0.15, 0.2) is 0 Å². The molecule has 4 aromatic rings. The summed E-state index contributed by atoms with van der Waals surface area (Å²) in [5, 5.41) is 10.6. The summed E-state index contributed by atoms with van der Waals surface area (Å²) >= 11 is 3.72. The van der Waals surface area contributed by atoms with Crippen LogP contribution < -0.4 is 15.5 Å². The molecule has 5 nitrogen and oxygen atoms in total. The molecule has 0 unspecified atom stereocenters. The molecule has 0 radical (unpaired) electrons. The Bertz CT molecular complexity index is 1180. The van der Waals surface area contributed by atoms with Gasteiger partial charge >= 0.3 is 0 Å². The van der Waals surface area contributed by atoms with Gasteiger partial charge in [-0.2, -0.15) is 4.98 Å². The SMILES string of the molecule is CN(C)c1nc(N[C@H]2CC[C@@H](CNCc3ccc(-c4cccs4)s3)CC2)nc2ccccc12. The van der Waals surface area contributed by atoms with Gasteiger partial charge in [-0.15, -0.1) is 22.7 Å². The van der Waals surface area contributed by atoms with Crippen molar-refractivity contribution in [2.45, 2.75) is 38.3 Å². The van der Waals surface area contributed by atoms with Crippen LogP contribution >= 0.6 is 22.7 Å². The molecule has 0 amide bonds. The minimum Gasteiger partial charge on any atom is -0.362 e. The van der Waals surface area contributed by atoms with Crippen LogP contribution in [0.3, 0.4) is 0 Å². The molecule has 1 fully saturated rings. The molecule has 1 aliphatic rings. The predicted octanol–water partition coefficient (Wildman–Crippen LogP) is 6.25. The molecule has 7 heteroatoms. The van der Waals surface area contributed by atoms with Crippen LogP contribution in [-0.4, -0.2) is 36.6 Å². The zero-order valence-corrected chi connectivity index (χ0v) is 20.9. The lowest BCUT2D eigenvalue weighted by Gasteiger charge is -2.29. The minimum atomic E-state index is 0.447. The number of rotatable bonds is 8. The molecule has 0 atom stereocenters. The molecule has 0 aliphatic heterocycles. The summed E-state index contributed by atoms with van der Waals surface area (Å²) < 4.78 is 0. The molecule has 5 rings (SSSR count). The van der Waals surface area contributed by atoms with Crippen molar-refractivity contribution in [3.05, 3.63) is 58.8 Å². The van der Waals surface area contributed by atoms with E-state index in [9.17, 15) is 0 Å². The summed E-state index contributed by atoms with van der Waals surface area (Å²) in [5.41, 5.74) is 0.993. The minimum absolute atomic E-state index is 0.447. The van der Waals surface area contributed by atoms with Crippen LogP contribution in [0.2, 0.25) is 0 Å². The van der Waals surface area contributed by atoms with Gasteiger partial charge < -0.3 is 15.5 Å². The first-order chi connectivity index (χ1) is 16.2. The van der Waals surface area contributed by atoms with Gasteiger partial charge in [0.05, 0.1) is 5.52 Å². The fraction of sp³-hybridized carbons (Fsp3) is 0.385. The van der Waals surface area contributed by atoms with E-state index in [2.05, 4.69) is 57.3 Å². The van der Waals surface area contributed by atoms with Crippen molar-refractivity contribution >= 4 is 45.3 Å². The fourth-order valence-electron chi connectivity index (χ4n) is 4.58. The maximum atomic E-state index is 4.81. The Labute approximate surface area is 203 Å². The number of anilines is 2. The summed E-state index contributed by atoms with van der Waals surface area (Å²) in [4.78, 5) is 15.8. The van der Waals surface area contributed by atoms with Gasteiger partial charge in [-0.1, -0.05) is 18.2 Å². The lowest BCUT2D eigenvalue weighted by Crippen LogP contribution is -2.31. The molecule has 3 heterocycles. The van der Waals surface area contributed by atoms with Gasteiger partial charge in [0.1, 0.15) is 5.82 Å². The number of hydrogen-bond donors (Lipinski definition) is 2. The monoisotopic (exact) mass is 477 g/mol. The number of nitrogens with zero attached hydrogens (tertiary/aromatic N) is 3. The molecule has 0 spiro atoms. The summed E-state index contributed by atoms with van der Waals surface area (Å²) in [7, 11) is 4.08. The zero-order chi connectivity index (χ0) is 22.6. The van der Waals surface area contributed by atoms with Crippen molar-refractivity contribution < 1.29 is 0 Å². The zero-order valence-electron chi connectivity index (χ0n) is 19.3. The quantitative estimate of drug-likeness (QED) is 0.314. The van der Waals surface area contributed by atoms with Gasteiger partial charge in [-0.25, -0.2) is 4.98 Å². The molecule has 1 aromatic carbocycles. The highest BCUT2D eigenvalue weighted by Crippen LogP contribution is 2.32. The summed E-state index contributed by atoms with van der Waals surface area (Å²) in [6.45, 7) is 2.06. The van der Waals surface area contributed by atoms with E-state index in [0.717, 1.165) is 41.7 Å². The number of fused-ring (bicyclic) bond motifs is 1. The second-order valence-electron chi connectivity index (χ2n) is 9.02. The second-order valence-corrected chi connectivity index (χ2v) is 11.1. The molecule has 1 aliphatic carbocycles. The first-order valence-electron chi connectivity index (χ1n) is 11.7. The predicted molar refractivity (Wildman–Crippen MR) is 143 cm³/mol.